The molecule has 0 bridgehead atoms. The lowest BCUT2D eigenvalue weighted by molar-refractivity contribution is -0.232. The molecule has 1 N–H and O–H groups in total. The largest absolute Gasteiger partial charge is 0.387 e. The number of benzene rings is 3. The average molecular weight is 467 g/mol. The minimum atomic E-state index is -0.862. The highest BCUT2D eigenvalue weighted by Gasteiger charge is 2.46. The summed E-state index contributed by atoms with van der Waals surface area (Å²) in [7, 11) is 1.58. The number of thioether (sulfide) groups is 1. The van der Waals surface area contributed by atoms with Gasteiger partial charge in [-0.1, -0.05) is 90.6 Å². The van der Waals surface area contributed by atoms with Crippen LogP contribution in [0.25, 0.3) is 0 Å². The van der Waals surface area contributed by atoms with E-state index in [0.717, 1.165) is 16.0 Å². The van der Waals surface area contributed by atoms with Crippen molar-refractivity contribution in [3.05, 3.63) is 102 Å². The van der Waals surface area contributed by atoms with E-state index in [1.54, 1.807) is 7.11 Å². The van der Waals surface area contributed by atoms with Gasteiger partial charge >= 0.3 is 0 Å². The molecule has 0 amide bonds. The van der Waals surface area contributed by atoms with E-state index in [2.05, 4.69) is 0 Å². The van der Waals surface area contributed by atoms with E-state index in [-0.39, 0.29) is 0 Å². The first kappa shape index (κ1) is 24.0. The highest BCUT2D eigenvalue weighted by Crippen LogP contribution is 2.36. The molecule has 1 fully saturated rings. The van der Waals surface area contributed by atoms with Crippen LogP contribution < -0.4 is 0 Å². The molecule has 1 saturated heterocycles. The molecule has 5 atom stereocenters. The van der Waals surface area contributed by atoms with Crippen LogP contribution in [-0.2, 0) is 32.2 Å². The molecule has 6 heteroatoms. The zero-order valence-corrected chi connectivity index (χ0v) is 19.5. The molecule has 4 rings (SSSR count). The van der Waals surface area contributed by atoms with Crippen molar-refractivity contribution in [3.63, 3.8) is 0 Å². The second-order valence-corrected chi connectivity index (χ2v) is 9.10. The summed E-state index contributed by atoms with van der Waals surface area (Å²) in [5, 5.41) is 11.2. The minimum Gasteiger partial charge on any atom is -0.387 e. The van der Waals surface area contributed by atoms with Crippen LogP contribution in [0.15, 0.2) is 95.9 Å². The number of ether oxygens (including phenoxy) is 4. The molecule has 5 nitrogen and oxygen atoms in total. The van der Waals surface area contributed by atoms with E-state index >= 15 is 0 Å². The summed E-state index contributed by atoms with van der Waals surface area (Å²) in [5.74, 6) is 0. The van der Waals surface area contributed by atoms with E-state index in [1.807, 2.05) is 91.0 Å². The summed E-state index contributed by atoms with van der Waals surface area (Å²) in [6, 6.07) is 29.9. The number of aliphatic hydroxyl groups excluding tert-OH is 1. The van der Waals surface area contributed by atoms with Crippen LogP contribution in [-0.4, -0.2) is 48.7 Å². The number of methoxy groups -OCH3 is 1. The van der Waals surface area contributed by atoms with Crippen LogP contribution >= 0.6 is 11.8 Å². The van der Waals surface area contributed by atoms with Crippen LogP contribution in [0.1, 0.15) is 11.1 Å². The van der Waals surface area contributed by atoms with Crippen molar-refractivity contribution >= 4 is 11.8 Å². The fraction of sp³-hybridized carbons (Fsp3) is 0.333. The molecule has 0 aliphatic carbocycles. The van der Waals surface area contributed by atoms with Crippen molar-refractivity contribution in [1.82, 2.24) is 0 Å². The molecule has 33 heavy (non-hydrogen) atoms. The van der Waals surface area contributed by atoms with Crippen molar-refractivity contribution in [1.29, 1.82) is 0 Å². The smallest absolute Gasteiger partial charge is 0.137 e. The van der Waals surface area contributed by atoms with Gasteiger partial charge in [-0.15, -0.1) is 0 Å². The lowest BCUT2D eigenvalue weighted by atomic mass is 9.99. The van der Waals surface area contributed by atoms with Gasteiger partial charge in [0, 0.05) is 12.0 Å². The Hall–Kier alpha value is -2.19. The minimum absolute atomic E-state index is 0.307. The van der Waals surface area contributed by atoms with Gasteiger partial charge < -0.3 is 24.1 Å². The van der Waals surface area contributed by atoms with Crippen LogP contribution in [0.4, 0.5) is 0 Å². The summed E-state index contributed by atoms with van der Waals surface area (Å²) in [6.07, 6.45) is -2.41. The third-order valence-corrected chi connectivity index (χ3v) is 6.72. The van der Waals surface area contributed by atoms with E-state index in [0.29, 0.717) is 19.8 Å². The SMILES string of the molecule is CO[C@@H]1[C@H](O)[C@@H](OCc2ccccc2)[C@H](Sc2ccccc2)O[C@@H]1COCc1ccccc1. The number of hydrogen-bond acceptors (Lipinski definition) is 6. The molecule has 3 aromatic rings. The Balaban J connectivity index is 1.46. The predicted octanol–water partition coefficient (Wildman–Crippen LogP) is 4.68. The number of rotatable bonds is 10. The lowest BCUT2D eigenvalue weighted by Gasteiger charge is -2.43. The molecule has 0 spiro atoms. The van der Waals surface area contributed by atoms with Gasteiger partial charge in [-0.3, -0.25) is 0 Å². The third-order valence-electron chi connectivity index (χ3n) is 5.56. The van der Waals surface area contributed by atoms with Crippen LogP contribution in [0, 0.1) is 0 Å². The van der Waals surface area contributed by atoms with Gasteiger partial charge in [0.25, 0.3) is 0 Å². The van der Waals surface area contributed by atoms with Crippen molar-refractivity contribution in [2.24, 2.45) is 0 Å². The van der Waals surface area contributed by atoms with Crippen LogP contribution in [0.2, 0.25) is 0 Å². The topological polar surface area (TPSA) is 57.2 Å². The summed E-state index contributed by atoms with van der Waals surface area (Å²) in [4.78, 5) is 1.04. The van der Waals surface area contributed by atoms with E-state index in [1.165, 1.54) is 11.8 Å². The standard InChI is InChI=1S/C27H30O5S/c1-29-25-23(19-30-17-20-11-5-2-6-12-20)32-27(33-22-15-9-4-10-16-22)26(24(25)28)31-18-21-13-7-3-8-14-21/h2-16,23-28H,17-19H2,1H3/t23-,24+,25+,26-,27+/m1/s1. The molecule has 1 aliphatic heterocycles. The van der Waals surface area contributed by atoms with Gasteiger partial charge in [0.15, 0.2) is 0 Å². The summed E-state index contributed by atoms with van der Waals surface area (Å²) in [6.45, 7) is 1.16. The zero-order valence-electron chi connectivity index (χ0n) is 18.7. The molecular weight excluding hydrogens is 436 g/mol. The van der Waals surface area contributed by atoms with Gasteiger partial charge in [-0.2, -0.15) is 0 Å². The summed E-state index contributed by atoms with van der Waals surface area (Å²) >= 11 is 1.54. The van der Waals surface area contributed by atoms with Crippen molar-refractivity contribution in [2.45, 2.75) is 48.0 Å². The fourth-order valence-corrected chi connectivity index (χ4v) is 5.01. The third kappa shape index (κ3) is 6.67. The Bertz CT molecular complexity index is 939. The van der Waals surface area contributed by atoms with Crippen LogP contribution in [0.5, 0.6) is 0 Å². The van der Waals surface area contributed by atoms with Crippen LogP contribution in [0.3, 0.4) is 0 Å². The van der Waals surface area contributed by atoms with Gasteiger partial charge in [0.05, 0.1) is 19.8 Å². The van der Waals surface area contributed by atoms with E-state index in [9.17, 15) is 5.11 Å². The molecule has 1 aliphatic rings. The molecule has 1 heterocycles. The van der Waals surface area contributed by atoms with Gasteiger partial charge in [0.2, 0.25) is 0 Å². The molecule has 3 aromatic carbocycles. The first-order chi connectivity index (χ1) is 16.2. The Kier molecular flexibility index (Phi) is 8.94. The van der Waals surface area contributed by atoms with Gasteiger partial charge in [0.1, 0.15) is 29.9 Å². The maximum absolute atomic E-state index is 11.2. The molecule has 0 unspecified atom stereocenters. The number of aliphatic hydroxyl groups is 1. The van der Waals surface area contributed by atoms with Crippen molar-refractivity contribution in [3.8, 4) is 0 Å². The molecule has 174 valence electrons. The first-order valence-corrected chi connectivity index (χ1v) is 12.0. The highest BCUT2D eigenvalue weighted by molar-refractivity contribution is 7.99. The summed E-state index contributed by atoms with van der Waals surface area (Å²) < 4.78 is 24.2. The molecule has 0 radical (unpaired) electrons. The Morgan fingerprint density at radius 2 is 1.36 bits per heavy atom. The summed E-state index contributed by atoms with van der Waals surface area (Å²) in [5.41, 5.74) is 1.71. The molecule has 0 saturated carbocycles. The van der Waals surface area contributed by atoms with Crippen molar-refractivity contribution < 1.29 is 24.1 Å². The quantitative estimate of drug-likeness (QED) is 0.468. The zero-order chi connectivity index (χ0) is 22.9. The predicted molar refractivity (Wildman–Crippen MR) is 129 cm³/mol. The molecular formula is C27H30O5S. The normalized spacial score (nSPS) is 25.1. The Labute approximate surface area is 199 Å². The lowest BCUT2D eigenvalue weighted by Crippen LogP contribution is -2.59. The number of hydrogen-bond donors (Lipinski definition) is 1. The van der Waals surface area contributed by atoms with Crippen molar-refractivity contribution in [2.75, 3.05) is 13.7 Å². The fourth-order valence-electron chi connectivity index (χ4n) is 3.86. The van der Waals surface area contributed by atoms with E-state index < -0.39 is 29.9 Å². The first-order valence-electron chi connectivity index (χ1n) is 11.1. The second kappa shape index (κ2) is 12.3. The maximum atomic E-state index is 11.2. The van der Waals surface area contributed by atoms with E-state index in [4.69, 9.17) is 18.9 Å². The van der Waals surface area contributed by atoms with Gasteiger partial charge in [-0.25, -0.2) is 0 Å². The monoisotopic (exact) mass is 466 g/mol. The maximum Gasteiger partial charge on any atom is 0.137 e. The second-order valence-electron chi connectivity index (χ2n) is 7.93. The average Bonchev–Trinajstić information content (AvgIpc) is 2.86. The Morgan fingerprint density at radius 1 is 0.788 bits per heavy atom. The Morgan fingerprint density at radius 3 is 1.97 bits per heavy atom. The highest BCUT2D eigenvalue weighted by atomic mass is 32.2. The van der Waals surface area contributed by atoms with Gasteiger partial charge in [-0.05, 0) is 23.3 Å². The molecule has 0 aromatic heterocycles.